The lowest BCUT2D eigenvalue weighted by Gasteiger charge is -2.20. The van der Waals surface area contributed by atoms with Crippen molar-refractivity contribution in [2.45, 2.75) is 6.04 Å². The summed E-state index contributed by atoms with van der Waals surface area (Å²) in [6.45, 7) is 0. The highest BCUT2D eigenvalue weighted by Gasteiger charge is 2.24. The number of halogens is 2. The number of hydrogen-bond acceptors (Lipinski definition) is 3. The van der Waals surface area contributed by atoms with Crippen LogP contribution in [-0.2, 0) is 4.79 Å². The van der Waals surface area contributed by atoms with Gasteiger partial charge in [-0.25, -0.2) is 9.18 Å². The zero-order chi connectivity index (χ0) is 24.8. The number of pyridine rings is 1. The highest BCUT2D eigenvalue weighted by Crippen LogP contribution is 2.21. The van der Waals surface area contributed by atoms with Crippen LogP contribution in [0.1, 0.15) is 11.6 Å². The average molecular weight is 491 g/mol. The third-order valence-corrected chi connectivity index (χ3v) is 5.34. The predicted octanol–water partition coefficient (Wildman–Crippen LogP) is 5.13. The number of urea groups is 1. The minimum Gasteiger partial charge on any atom is -0.322 e. The van der Waals surface area contributed by atoms with E-state index in [1.165, 1.54) is 29.0 Å². The molecular weight excluding hydrogens is 471 g/mol. The molecule has 0 aliphatic carbocycles. The van der Waals surface area contributed by atoms with Crippen LogP contribution in [-0.4, -0.2) is 16.5 Å². The molecule has 4 rings (SSSR count). The normalized spacial score (nSPS) is 11.4. The Balaban J connectivity index is 1.53. The van der Waals surface area contributed by atoms with E-state index in [0.29, 0.717) is 22.0 Å². The van der Waals surface area contributed by atoms with Gasteiger partial charge in [-0.05, 0) is 48.0 Å². The Morgan fingerprint density at radius 3 is 2.26 bits per heavy atom. The molecule has 1 heterocycles. The van der Waals surface area contributed by atoms with Gasteiger partial charge < -0.3 is 16.0 Å². The maximum Gasteiger partial charge on any atom is 0.320 e. The van der Waals surface area contributed by atoms with Crippen LogP contribution >= 0.6 is 11.6 Å². The summed E-state index contributed by atoms with van der Waals surface area (Å²) in [6, 6.07) is 21.9. The van der Waals surface area contributed by atoms with Crippen LogP contribution in [0.4, 0.5) is 20.6 Å². The van der Waals surface area contributed by atoms with Crippen LogP contribution in [0.2, 0.25) is 5.02 Å². The van der Waals surface area contributed by atoms with Crippen LogP contribution in [0, 0.1) is 5.82 Å². The van der Waals surface area contributed by atoms with Gasteiger partial charge in [0, 0.05) is 29.0 Å². The van der Waals surface area contributed by atoms with E-state index in [4.69, 9.17) is 11.6 Å². The van der Waals surface area contributed by atoms with Gasteiger partial charge in [0.05, 0.1) is 11.4 Å². The molecule has 4 aromatic rings. The van der Waals surface area contributed by atoms with Crippen LogP contribution < -0.4 is 21.5 Å². The van der Waals surface area contributed by atoms with E-state index in [0.717, 1.165) is 6.07 Å². The van der Waals surface area contributed by atoms with Crippen LogP contribution in [0.3, 0.4) is 0 Å². The summed E-state index contributed by atoms with van der Waals surface area (Å²) in [5.41, 5.74) is 0.888. The molecule has 0 aliphatic rings. The van der Waals surface area contributed by atoms with Gasteiger partial charge in [0.15, 0.2) is 0 Å². The lowest BCUT2D eigenvalue weighted by molar-refractivity contribution is -0.118. The number of hydrogen-bond donors (Lipinski definition) is 3. The van der Waals surface area contributed by atoms with Gasteiger partial charge in [0.25, 0.3) is 11.5 Å². The van der Waals surface area contributed by atoms with Crippen molar-refractivity contribution < 1.29 is 14.0 Å². The molecule has 176 valence electrons. The first kappa shape index (κ1) is 23.7. The maximum atomic E-state index is 14.8. The minimum atomic E-state index is -1.11. The maximum absolute atomic E-state index is 14.8. The second-order valence-electron chi connectivity index (χ2n) is 7.51. The van der Waals surface area contributed by atoms with Gasteiger partial charge in [-0.2, -0.15) is 0 Å². The van der Waals surface area contributed by atoms with E-state index in [2.05, 4.69) is 16.0 Å². The van der Waals surface area contributed by atoms with Crippen molar-refractivity contribution in [3.63, 3.8) is 0 Å². The largest absolute Gasteiger partial charge is 0.322 e. The van der Waals surface area contributed by atoms with Crippen LogP contribution in [0.25, 0.3) is 5.69 Å². The Bertz CT molecular complexity index is 1410. The van der Waals surface area contributed by atoms with Crippen molar-refractivity contribution in [1.29, 1.82) is 0 Å². The molecule has 3 N–H and O–H groups in total. The second kappa shape index (κ2) is 10.7. The van der Waals surface area contributed by atoms with Crippen LogP contribution in [0.5, 0.6) is 0 Å². The first-order valence-electron chi connectivity index (χ1n) is 10.6. The molecule has 0 radical (unpaired) electrons. The average Bonchev–Trinajstić information content (AvgIpc) is 2.86. The van der Waals surface area contributed by atoms with E-state index in [1.54, 1.807) is 66.7 Å². The van der Waals surface area contributed by atoms with Crippen molar-refractivity contribution in [3.8, 4) is 5.69 Å². The third kappa shape index (κ3) is 5.93. The molecule has 7 nitrogen and oxygen atoms in total. The van der Waals surface area contributed by atoms with Gasteiger partial charge in [-0.1, -0.05) is 48.0 Å². The summed E-state index contributed by atoms with van der Waals surface area (Å²) in [4.78, 5) is 37.7. The quantitative estimate of drug-likeness (QED) is 0.350. The van der Waals surface area contributed by atoms with Gasteiger partial charge in [-0.3, -0.25) is 14.2 Å². The smallest absolute Gasteiger partial charge is 0.320 e. The first-order valence-corrected chi connectivity index (χ1v) is 10.9. The summed E-state index contributed by atoms with van der Waals surface area (Å²) in [7, 11) is 0. The van der Waals surface area contributed by atoms with E-state index in [-0.39, 0.29) is 11.2 Å². The molecule has 0 aliphatic heterocycles. The third-order valence-electron chi connectivity index (χ3n) is 5.08. The summed E-state index contributed by atoms with van der Waals surface area (Å²) in [5, 5.41) is 8.29. The fourth-order valence-electron chi connectivity index (χ4n) is 3.38. The monoisotopic (exact) mass is 490 g/mol. The molecule has 0 saturated carbocycles. The predicted molar refractivity (Wildman–Crippen MR) is 133 cm³/mol. The number of carbonyl (C=O) groups excluding carboxylic acids is 2. The number of carbonyl (C=O) groups is 2. The Kier molecular flexibility index (Phi) is 7.23. The summed E-state index contributed by atoms with van der Waals surface area (Å²) in [6.07, 6.45) is 1.52. The SMILES string of the molecule is O=C(Nc1ccc(Cl)cc1)NC(C(=O)Nc1ccc(-n2ccccc2=O)cc1F)c1ccccc1. The van der Waals surface area contributed by atoms with Crippen molar-refractivity contribution in [2.24, 2.45) is 0 Å². The van der Waals surface area contributed by atoms with E-state index < -0.39 is 23.8 Å². The zero-order valence-corrected chi connectivity index (χ0v) is 19.0. The zero-order valence-electron chi connectivity index (χ0n) is 18.2. The van der Waals surface area contributed by atoms with Crippen LogP contribution in [0.15, 0.2) is 102 Å². The molecule has 1 unspecified atom stereocenters. The van der Waals surface area contributed by atoms with Gasteiger partial charge in [0.2, 0.25) is 0 Å². The first-order chi connectivity index (χ1) is 16.9. The fraction of sp³-hybridized carbons (Fsp3) is 0.0385. The number of aromatic nitrogens is 1. The lowest BCUT2D eigenvalue weighted by Crippen LogP contribution is -2.39. The van der Waals surface area contributed by atoms with E-state index in [9.17, 15) is 18.8 Å². The van der Waals surface area contributed by atoms with E-state index >= 15 is 0 Å². The molecule has 0 bridgehead atoms. The molecule has 9 heteroatoms. The Hall–Kier alpha value is -4.43. The summed E-state index contributed by atoms with van der Waals surface area (Å²) >= 11 is 5.87. The number of amides is 3. The molecule has 0 saturated heterocycles. The number of anilines is 2. The molecule has 3 aromatic carbocycles. The number of nitrogens with one attached hydrogen (secondary N) is 3. The lowest BCUT2D eigenvalue weighted by atomic mass is 10.1. The molecule has 1 aromatic heterocycles. The highest BCUT2D eigenvalue weighted by atomic mass is 35.5. The molecular formula is C26H20ClFN4O3. The number of nitrogens with zero attached hydrogens (tertiary/aromatic N) is 1. The van der Waals surface area contributed by atoms with E-state index in [1.807, 2.05) is 0 Å². The number of rotatable bonds is 6. The Morgan fingerprint density at radius 2 is 1.57 bits per heavy atom. The topological polar surface area (TPSA) is 92.2 Å². The Labute approximate surface area is 205 Å². The second-order valence-corrected chi connectivity index (χ2v) is 7.95. The Morgan fingerprint density at radius 1 is 0.857 bits per heavy atom. The molecule has 3 amide bonds. The highest BCUT2D eigenvalue weighted by molar-refractivity contribution is 6.30. The molecule has 0 spiro atoms. The van der Waals surface area contributed by atoms with Crippen molar-refractivity contribution >= 4 is 34.9 Å². The standard InChI is InChI=1S/C26H20ClFN4O3/c27-18-9-11-19(12-10-18)29-26(35)31-24(17-6-2-1-3-7-17)25(34)30-22-14-13-20(16-21(22)28)32-15-5-4-8-23(32)33/h1-16,24H,(H,30,34)(H2,29,31,35). The van der Waals surface area contributed by atoms with Gasteiger partial charge >= 0.3 is 6.03 Å². The van der Waals surface area contributed by atoms with Gasteiger partial charge in [0.1, 0.15) is 11.9 Å². The number of benzene rings is 3. The molecule has 1 atom stereocenters. The molecule has 0 fully saturated rings. The summed E-state index contributed by atoms with van der Waals surface area (Å²) in [5.74, 6) is -1.38. The minimum absolute atomic E-state index is 0.0939. The fourth-order valence-corrected chi connectivity index (χ4v) is 3.50. The van der Waals surface area contributed by atoms with Crippen molar-refractivity contribution in [3.05, 3.63) is 124 Å². The van der Waals surface area contributed by atoms with Crippen molar-refractivity contribution in [1.82, 2.24) is 9.88 Å². The molecule has 35 heavy (non-hydrogen) atoms. The van der Waals surface area contributed by atoms with Gasteiger partial charge in [-0.15, -0.1) is 0 Å². The summed E-state index contributed by atoms with van der Waals surface area (Å²) < 4.78 is 16.1. The van der Waals surface area contributed by atoms with Crippen molar-refractivity contribution in [2.75, 3.05) is 10.6 Å².